The zero-order chi connectivity index (χ0) is 14.5. The van der Waals surface area contributed by atoms with E-state index in [1.807, 2.05) is 0 Å². The van der Waals surface area contributed by atoms with Gasteiger partial charge in [0.2, 0.25) is 0 Å². The fourth-order valence-electron chi connectivity index (χ4n) is 6.75. The molecule has 0 unspecified atom stereocenters. The Kier molecular flexibility index (Phi) is 6.85. The molecule has 0 heterocycles. The summed E-state index contributed by atoms with van der Waals surface area (Å²) in [5.74, 6) is 0. The van der Waals surface area contributed by atoms with E-state index in [4.69, 9.17) is 0 Å². The number of hydrogen-bond acceptors (Lipinski definition) is 0. The van der Waals surface area contributed by atoms with E-state index in [0.717, 1.165) is -2.52 Å². The fourth-order valence-corrected chi connectivity index (χ4v) is 304. The van der Waals surface area contributed by atoms with Crippen molar-refractivity contribution in [3.05, 3.63) is 0 Å². The second kappa shape index (κ2) is 5.77. The van der Waals surface area contributed by atoms with Gasteiger partial charge in [-0.1, -0.05) is 0 Å². The zero-order valence-electron chi connectivity index (χ0n) is 14.5. The van der Waals surface area contributed by atoms with Crippen LogP contribution < -0.4 is 0 Å². The molecule has 0 saturated heterocycles. The van der Waals surface area contributed by atoms with Gasteiger partial charge < -0.3 is 0 Å². The van der Waals surface area contributed by atoms with Gasteiger partial charge in [0.05, 0.1) is 0 Å². The average molecular weight is 667 g/mol. The zero-order valence-corrected chi connectivity index (χ0v) is 25.9. The first kappa shape index (κ1) is 20.2. The minimum atomic E-state index is -1.89. The molecule has 0 saturated carbocycles. The molecule has 104 valence electrons. The summed E-state index contributed by atoms with van der Waals surface area (Å²) in [6.45, 7) is 0. The summed E-state index contributed by atoms with van der Waals surface area (Å²) in [5, 5.41) is 0. The average Bonchev–Trinajstić information content (AvgIpc) is 1.67. The Morgan fingerprint density at radius 2 is 0.471 bits per heavy atom. The predicted molar refractivity (Wildman–Crippen MR) is 96.1 cm³/mol. The third-order valence-electron chi connectivity index (χ3n) is 4.50. The molecule has 0 amide bonds. The summed E-state index contributed by atoms with van der Waals surface area (Å²) in [4.78, 5) is 33.3. The van der Waals surface area contributed by atoms with Crippen molar-refractivity contribution in [2.45, 2.75) is 56.8 Å². The van der Waals surface area contributed by atoms with Gasteiger partial charge in [-0.25, -0.2) is 0 Å². The van der Waals surface area contributed by atoms with E-state index in [1.165, 1.54) is 0 Å². The van der Waals surface area contributed by atoms with Crippen LogP contribution in [0.3, 0.4) is 0 Å². The molecule has 0 radical (unpaired) electrons. The Balaban J connectivity index is 6.37. The van der Waals surface area contributed by atoms with Gasteiger partial charge >= 0.3 is 130 Å². The second-order valence-electron chi connectivity index (χ2n) is 9.75. The molecule has 0 aliphatic heterocycles. The van der Waals surface area contributed by atoms with Gasteiger partial charge in [0.25, 0.3) is 0 Å². The van der Waals surface area contributed by atoms with Crippen LogP contribution in [0.2, 0.25) is 56.8 Å². The van der Waals surface area contributed by atoms with Crippen molar-refractivity contribution < 1.29 is 0 Å². The van der Waals surface area contributed by atoms with Crippen molar-refractivity contribution in [2.24, 2.45) is 0 Å². The molecule has 0 aliphatic rings. The molecule has 0 aromatic carbocycles. The molecule has 0 bridgehead atoms. The summed E-state index contributed by atoms with van der Waals surface area (Å²) in [5.41, 5.74) is 0. The van der Waals surface area contributed by atoms with Crippen LogP contribution in [0.5, 0.6) is 0 Å². The molecule has 0 aromatic heterocycles. The summed E-state index contributed by atoms with van der Waals surface area (Å²) >= 11 is -7.55. The van der Waals surface area contributed by atoms with Crippen molar-refractivity contribution in [3.8, 4) is 0 Å². The van der Waals surface area contributed by atoms with Crippen LogP contribution in [0.25, 0.3) is 0 Å². The van der Waals surface area contributed by atoms with Crippen LogP contribution in [0.4, 0.5) is 0 Å². The van der Waals surface area contributed by atoms with Crippen molar-refractivity contribution in [2.75, 3.05) is 0 Å². The fraction of sp³-hybridized carbons (Fsp3) is 1.00. The molecule has 4 heteroatoms. The van der Waals surface area contributed by atoms with E-state index < -0.39 is 73.5 Å². The van der Waals surface area contributed by atoms with E-state index in [1.54, 1.807) is 0 Å². The Morgan fingerprint density at radius 1 is 0.353 bits per heavy atom. The third kappa shape index (κ3) is 3.69. The molecule has 0 spiro atoms. The van der Waals surface area contributed by atoms with Gasteiger partial charge in [-0.05, 0) is 0 Å². The Bertz CT molecular complexity index is 206. The Morgan fingerprint density at radius 3 is 0.471 bits per heavy atom. The van der Waals surface area contributed by atoms with Crippen LogP contribution in [-0.2, 0) is 0 Å². The van der Waals surface area contributed by atoms with E-state index in [2.05, 4.69) is 59.3 Å². The third-order valence-corrected chi connectivity index (χ3v) is 202. The van der Waals surface area contributed by atoms with E-state index >= 15 is 0 Å². The summed E-state index contributed by atoms with van der Waals surface area (Å²) in [6.07, 6.45) is 0. The SMILES string of the molecule is [CH3][Sn]([CH3])([CH3])[C]([Sn]([CH3])([CH3])[CH3])([Sn]([CH3])([CH3])[CH3])[Sn]([CH3])([CH3])[CH3]. The van der Waals surface area contributed by atoms with E-state index in [9.17, 15) is 0 Å². The van der Waals surface area contributed by atoms with Crippen molar-refractivity contribution >= 4 is 73.5 Å². The van der Waals surface area contributed by atoms with Gasteiger partial charge in [0.15, 0.2) is 0 Å². The normalized spacial score (nSPS) is 16.2. The van der Waals surface area contributed by atoms with Gasteiger partial charge in [-0.15, -0.1) is 0 Å². The molecule has 0 rings (SSSR count). The molecule has 0 nitrogen and oxygen atoms in total. The maximum atomic E-state index is 2.78. The van der Waals surface area contributed by atoms with Gasteiger partial charge in [0, 0.05) is 0 Å². The minimum absolute atomic E-state index is 1.09. The van der Waals surface area contributed by atoms with Crippen LogP contribution in [0, 0.1) is 0 Å². The van der Waals surface area contributed by atoms with Gasteiger partial charge in [-0.2, -0.15) is 0 Å². The first-order valence-corrected chi connectivity index (χ1v) is 47.0. The summed E-state index contributed by atoms with van der Waals surface area (Å²) < 4.78 is 1.09. The number of rotatable bonds is 4. The molecule has 0 aliphatic carbocycles. The molecular formula is C13H36Sn4. The summed E-state index contributed by atoms with van der Waals surface area (Å²) in [6, 6.07) is 0. The first-order valence-electron chi connectivity index (χ1n) is 7.00. The Labute approximate surface area is 128 Å². The Hall–Kier alpha value is 3.19. The maximum absolute atomic E-state index is 2.78. The molecule has 0 atom stereocenters. The quantitative estimate of drug-likeness (QED) is 0.338. The molecule has 17 heavy (non-hydrogen) atoms. The van der Waals surface area contributed by atoms with Crippen LogP contribution >= 0.6 is 0 Å². The topological polar surface area (TPSA) is 0 Å². The number of hydrogen-bond donors (Lipinski definition) is 0. The molecule has 0 fully saturated rings. The van der Waals surface area contributed by atoms with Gasteiger partial charge in [-0.3, -0.25) is 0 Å². The summed E-state index contributed by atoms with van der Waals surface area (Å²) in [7, 11) is 0. The van der Waals surface area contributed by atoms with E-state index in [0.29, 0.717) is 0 Å². The molecular weight excluding hydrogens is 631 g/mol. The standard InChI is InChI=1S/12CH3.C.4Sn/h12*1H3;;;;;. The first-order chi connectivity index (χ1) is 7.00. The second-order valence-corrected chi connectivity index (χ2v) is 94.1. The van der Waals surface area contributed by atoms with E-state index in [-0.39, 0.29) is 0 Å². The van der Waals surface area contributed by atoms with Gasteiger partial charge in [0.1, 0.15) is 0 Å². The van der Waals surface area contributed by atoms with Crippen molar-refractivity contribution in [3.63, 3.8) is 0 Å². The molecule has 0 aromatic rings. The molecule has 0 N–H and O–H groups in total. The van der Waals surface area contributed by atoms with Crippen LogP contribution in [0.1, 0.15) is 0 Å². The monoisotopic (exact) mass is 672 g/mol. The van der Waals surface area contributed by atoms with Crippen molar-refractivity contribution in [1.29, 1.82) is 0 Å². The van der Waals surface area contributed by atoms with Crippen LogP contribution in [0.15, 0.2) is 0 Å². The predicted octanol–water partition coefficient (Wildman–Crippen LogP) is 5.70. The van der Waals surface area contributed by atoms with Crippen LogP contribution in [-0.4, -0.2) is 73.5 Å². The van der Waals surface area contributed by atoms with Crippen molar-refractivity contribution in [1.82, 2.24) is 0 Å².